The van der Waals surface area contributed by atoms with E-state index in [4.69, 9.17) is 4.74 Å². The normalized spacial score (nSPS) is 15.5. The van der Waals surface area contributed by atoms with Crippen molar-refractivity contribution in [2.75, 3.05) is 39.4 Å². The Bertz CT molecular complexity index is 970. The van der Waals surface area contributed by atoms with Gasteiger partial charge in [-0.2, -0.15) is 0 Å². The van der Waals surface area contributed by atoms with Crippen molar-refractivity contribution < 1.29 is 9.22 Å². The van der Waals surface area contributed by atoms with Crippen LogP contribution in [0.25, 0.3) is 0 Å². The third-order valence-electron chi connectivity index (χ3n) is 6.60. The highest BCUT2D eigenvalue weighted by Crippen LogP contribution is 2.22. The fraction of sp³-hybridized carbons (Fsp3) is 0.357. The Kier molecular flexibility index (Phi) is 9.80. The summed E-state index contributed by atoms with van der Waals surface area (Å²) in [5.41, 5.74) is 4.11. The van der Waals surface area contributed by atoms with Gasteiger partial charge in [0.25, 0.3) is 0 Å². The van der Waals surface area contributed by atoms with Gasteiger partial charge in [0.15, 0.2) is 0 Å². The highest BCUT2D eigenvalue weighted by molar-refractivity contribution is 9.11. The van der Waals surface area contributed by atoms with Gasteiger partial charge in [-0.05, 0) is 47.5 Å². The highest BCUT2D eigenvalue weighted by Gasteiger charge is 2.30. The molecule has 1 saturated heterocycles. The van der Waals surface area contributed by atoms with Crippen molar-refractivity contribution >= 4 is 47.8 Å². The van der Waals surface area contributed by atoms with Crippen molar-refractivity contribution in [1.82, 2.24) is 4.90 Å². The molecule has 3 nitrogen and oxygen atoms in total. The minimum atomic E-state index is 0.859. The summed E-state index contributed by atoms with van der Waals surface area (Å²) in [6.45, 7) is 9.15. The second-order valence-corrected chi connectivity index (χ2v) is 12.0. The lowest BCUT2D eigenvalue weighted by Crippen LogP contribution is -2.55. The summed E-state index contributed by atoms with van der Waals surface area (Å²) in [5, 5.41) is 0. The Morgan fingerprint density at radius 3 is 1.56 bits per heavy atom. The molecule has 0 radical (unpaired) electrons. The van der Waals surface area contributed by atoms with E-state index in [0.717, 1.165) is 70.4 Å². The maximum absolute atomic E-state index is 5.75. The van der Waals surface area contributed by atoms with E-state index in [-0.39, 0.29) is 0 Å². The molecule has 0 amide bonds. The third kappa shape index (κ3) is 8.00. The van der Waals surface area contributed by atoms with Crippen molar-refractivity contribution in [3.05, 3.63) is 103 Å². The number of hydrogen-bond donors (Lipinski definition) is 0. The monoisotopic (exact) mass is 649 g/mol. The largest absolute Gasteiger partial charge is 0.370 e. The van der Waals surface area contributed by atoms with Crippen LogP contribution in [0.1, 0.15) is 23.1 Å². The summed E-state index contributed by atoms with van der Waals surface area (Å²) >= 11 is 10.7. The summed E-state index contributed by atoms with van der Waals surface area (Å²) in [7, 11) is 0. The van der Waals surface area contributed by atoms with Crippen molar-refractivity contribution in [3.63, 3.8) is 0 Å². The minimum absolute atomic E-state index is 0.859. The van der Waals surface area contributed by atoms with Gasteiger partial charge >= 0.3 is 0 Å². The number of morpholine rings is 1. The Labute approximate surface area is 229 Å². The molecule has 3 aromatic rings. The van der Waals surface area contributed by atoms with E-state index in [1.54, 1.807) is 0 Å². The summed E-state index contributed by atoms with van der Waals surface area (Å²) in [5.74, 6) is 0. The van der Waals surface area contributed by atoms with Gasteiger partial charge in [0.1, 0.15) is 19.6 Å². The van der Waals surface area contributed by atoms with Crippen LogP contribution in [0.3, 0.4) is 0 Å². The summed E-state index contributed by atoms with van der Waals surface area (Å²) in [6.07, 6.45) is 1.17. The van der Waals surface area contributed by atoms with Crippen LogP contribution in [0.2, 0.25) is 0 Å². The van der Waals surface area contributed by atoms with Crippen molar-refractivity contribution in [2.24, 2.45) is 0 Å². The fourth-order valence-corrected chi connectivity index (χ4v) is 5.50. The van der Waals surface area contributed by atoms with Crippen LogP contribution >= 0.6 is 47.8 Å². The molecule has 0 N–H and O–H groups in total. The van der Waals surface area contributed by atoms with Crippen LogP contribution < -0.4 is 0 Å². The Balaban J connectivity index is 1.42. The van der Waals surface area contributed by atoms with Crippen LogP contribution in [0, 0.1) is 0 Å². The molecule has 0 aromatic heterocycles. The van der Waals surface area contributed by atoms with E-state index in [1.807, 2.05) is 0 Å². The van der Waals surface area contributed by atoms with Crippen LogP contribution in [-0.4, -0.2) is 48.8 Å². The first-order chi connectivity index (χ1) is 16.5. The average Bonchev–Trinajstić information content (AvgIpc) is 2.84. The van der Waals surface area contributed by atoms with Gasteiger partial charge in [-0.25, -0.2) is 0 Å². The molecule has 4 rings (SSSR count). The van der Waals surface area contributed by atoms with E-state index in [9.17, 15) is 0 Å². The zero-order valence-corrected chi connectivity index (χ0v) is 24.2. The van der Waals surface area contributed by atoms with Crippen LogP contribution in [0.4, 0.5) is 0 Å². The van der Waals surface area contributed by atoms with Gasteiger partial charge in [0.05, 0.1) is 19.8 Å². The molecule has 0 unspecified atom stereocenters. The average molecular weight is 652 g/mol. The first kappa shape index (κ1) is 26.1. The van der Waals surface area contributed by atoms with E-state index >= 15 is 0 Å². The Morgan fingerprint density at radius 1 is 0.647 bits per heavy atom. The molecule has 1 fully saturated rings. The number of rotatable bonds is 10. The molecule has 0 atom stereocenters. The van der Waals surface area contributed by atoms with Gasteiger partial charge < -0.3 is 9.22 Å². The fourth-order valence-electron chi connectivity index (χ4n) is 4.71. The van der Waals surface area contributed by atoms with Crippen molar-refractivity contribution in [1.29, 1.82) is 0 Å². The van der Waals surface area contributed by atoms with Crippen molar-refractivity contribution in [3.8, 4) is 0 Å². The lowest BCUT2D eigenvalue weighted by atomic mass is 10.1. The standard InChI is InChI=1S/C28H32Br3N2O/c29-26-8-2-23(3-9-26)20-32(21-24-4-10-27(30)11-5-24)14-1-15-33(16-18-34-19-17-33)22-25-6-12-28(31)13-7-25/h2-13H,1,14-22H2/q+1. The minimum Gasteiger partial charge on any atom is -0.370 e. The molecular weight excluding hydrogens is 620 g/mol. The molecule has 3 aromatic carbocycles. The smallest absolute Gasteiger partial charge is 0.104 e. The maximum Gasteiger partial charge on any atom is 0.104 e. The summed E-state index contributed by atoms with van der Waals surface area (Å²) in [4.78, 5) is 2.59. The maximum atomic E-state index is 5.75. The molecule has 34 heavy (non-hydrogen) atoms. The van der Waals surface area contributed by atoms with Crippen molar-refractivity contribution in [2.45, 2.75) is 26.1 Å². The van der Waals surface area contributed by atoms with Gasteiger partial charge in [-0.1, -0.05) is 84.2 Å². The van der Waals surface area contributed by atoms with Crippen LogP contribution in [-0.2, 0) is 24.4 Å². The Morgan fingerprint density at radius 2 is 1.09 bits per heavy atom. The Hall–Kier alpha value is -1.02. The zero-order chi connectivity index (χ0) is 23.8. The third-order valence-corrected chi connectivity index (χ3v) is 8.18. The zero-order valence-electron chi connectivity index (χ0n) is 19.4. The van der Waals surface area contributed by atoms with Gasteiger partial charge in [-0.3, -0.25) is 4.90 Å². The van der Waals surface area contributed by atoms with Crippen LogP contribution in [0.15, 0.2) is 86.2 Å². The number of halogens is 3. The number of ether oxygens (including phenoxy) is 1. The second-order valence-electron chi connectivity index (χ2n) is 9.23. The number of hydrogen-bond acceptors (Lipinski definition) is 2. The predicted molar refractivity (Wildman–Crippen MR) is 151 cm³/mol. The SMILES string of the molecule is Brc1ccc(CN(CCC[N+]2(Cc3ccc(Br)cc3)CCOCC2)Cc2ccc(Br)cc2)cc1. The number of quaternary nitrogens is 1. The van der Waals surface area contributed by atoms with E-state index in [0.29, 0.717) is 0 Å². The molecular formula is C28H32Br3N2O+. The van der Waals surface area contributed by atoms with Gasteiger partial charge in [0.2, 0.25) is 0 Å². The number of benzene rings is 3. The van der Waals surface area contributed by atoms with Gasteiger partial charge in [0, 0.05) is 45.0 Å². The van der Waals surface area contributed by atoms with E-state index < -0.39 is 0 Å². The molecule has 0 saturated carbocycles. The summed E-state index contributed by atoms with van der Waals surface area (Å²) < 4.78 is 10.3. The first-order valence-corrected chi connectivity index (χ1v) is 14.3. The molecule has 1 heterocycles. The van der Waals surface area contributed by atoms with Gasteiger partial charge in [-0.15, -0.1) is 0 Å². The first-order valence-electron chi connectivity index (χ1n) is 11.9. The van der Waals surface area contributed by atoms with E-state index in [2.05, 4.69) is 125 Å². The molecule has 6 heteroatoms. The molecule has 1 aliphatic heterocycles. The predicted octanol–water partition coefficient (Wildman–Crippen LogP) is 7.41. The molecule has 0 bridgehead atoms. The molecule has 0 spiro atoms. The molecule has 1 aliphatic rings. The topological polar surface area (TPSA) is 12.5 Å². The second kappa shape index (κ2) is 12.8. The lowest BCUT2D eigenvalue weighted by molar-refractivity contribution is -0.947. The lowest BCUT2D eigenvalue weighted by Gasteiger charge is -2.42. The van der Waals surface area contributed by atoms with E-state index in [1.165, 1.54) is 29.7 Å². The number of nitrogens with zero attached hydrogens (tertiary/aromatic N) is 2. The summed E-state index contributed by atoms with van der Waals surface area (Å²) in [6, 6.07) is 26.3. The highest BCUT2D eigenvalue weighted by atomic mass is 79.9. The molecule has 180 valence electrons. The molecule has 0 aliphatic carbocycles. The van der Waals surface area contributed by atoms with Crippen LogP contribution in [0.5, 0.6) is 0 Å². The quantitative estimate of drug-likeness (QED) is 0.212.